The zero-order valence-electron chi connectivity index (χ0n) is 12.7. The van der Waals surface area contributed by atoms with Crippen molar-refractivity contribution < 1.29 is 19.3 Å². The highest BCUT2D eigenvalue weighted by Crippen LogP contribution is 2.34. The van der Waals surface area contributed by atoms with Crippen LogP contribution >= 0.6 is 0 Å². The molecule has 1 rings (SSSR count). The first-order valence-electron chi connectivity index (χ1n) is 6.83. The molecule has 0 amide bonds. The first-order valence-corrected chi connectivity index (χ1v) is 6.83. The van der Waals surface area contributed by atoms with Gasteiger partial charge in [-0.1, -0.05) is 6.92 Å². The second-order valence-electron chi connectivity index (χ2n) is 4.52. The molecule has 0 aliphatic carbocycles. The molecule has 1 aromatic carbocycles. The number of hydrogen-bond donors (Lipinski definition) is 2. The number of aliphatic hydroxyl groups excluding tert-OH is 1. The Morgan fingerprint density at radius 3 is 2.15 bits per heavy atom. The molecule has 0 bridgehead atoms. The van der Waals surface area contributed by atoms with E-state index in [9.17, 15) is 0 Å². The van der Waals surface area contributed by atoms with Crippen molar-refractivity contribution in [3.63, 3.8) is 0 Å². The highest BCUT2D eigenvalue weighted by Gasteiger charge is 2.13. The smallest absolute Gasteiger partial charge is 0.164 e. The van der Waals surface area contributed by atoms with Crippen molar-refractivity contribution in [1.82, 2.24) is 5.32 Å². The van der Waals surface area contributed by atoms with Crippen LogP contribution in [0, 0.1) is 0 Å². The Bertz CT molecular complexity index is 409. The van der Waals surface area contributed by atoms with Gasteiger partial charge in [0.25, 0.3) is 0 Å². The van der Waals surface area contributed by atoms with Crippen molar-refractivity contribution in [3.8, 4) is 17.2 Å². The molecule has 2 N–H and O–H groups in total. The van der Waals surface area contributed by atoms with E-state index in [-0.39, 0.29) is 12.6 Å². The Labute approximate surface area is 120 Å². The van der Waals surface area contributed by atoms with Crippen molar-refractivity contribution in [2.75, 3.05) is 27.9 Å². The van der Waals surface area contributed by atoms with E-state index in [4.69, 9.17) is 19.3 Å². The average molecular weight is 283 g/mol. The number of methoxy groups -OCH3 is 3. The van der Waals surface area contributed by atoms with Gasteiger partial charge in [0.05, 0.1) is 21.3 Å². The van der Waals surface area contributed by atoms with Gasteiger partial charge in [-0.3, -0.25) is 0 Å². The van der Waals surface area contributed by atoms with Crippen LogP contribution in [-0.2, 0) is 6.54 Å². The maximum atomic E-state index is 9.01. The Hall–Kier alpha value is -1.46. The van der Waals surface area contributed by atoms with Gasteiger partial charge in [0.15, 0.2) is 11.5 Å². The van der Waals surface area contributed by atoms with Crippen LogP contribution in [0.4, 0.5) is 0 Å². The number of ether oxygens (including phenoxy) is 3. The van der Waals surface area contributed by atoms with Crippen LogP contribution in [0.5, 0.6) is 17.2 Å². The van der Waals surface area contributed by atoms with Gasteiger partial charge in [0.2, 0.25) is 0 Å². The minimum Gasteiger partial charge on any atom is -0.496 e. The molecule has 0 aromatic heterocycles. The lowest BCUT2D eigenvalue weighted by Crippen LogP contribution is -2.29. The third-order valence-electron chi connectivity index (χ3n) is 3.34. The standard InChI is InChI=1S/C15H25NO4/c1-5-12(6-7-17)16-10-11-8-14(19-3)15(20-4)9-13(11)18-2/h8-9,12,16-17H,5-7,10H2,1-4H3. The minimum absolute atomic E-state index is 0.189. The van der Waals surface area contributed by atoms with Crippen molar-refractivity contribution in [3.05, 3.63) is 17.7 Å². The quantitative estimate of drug-likeness (QED) is 0.725. The van der Waals surface area contributed by atoms with E-state index in [0.717, 1.165) is 24.2 Å². The zero-order valence-corrected chi connectivity index (χ0v) is 12.7. The molecule has 0 radical (unpaired) electrons. The predicted molar refractivity (Wildman–Crippen MR) is 78.7 cm³/mol. The Morgan fingerprint density at radius 2 is 1.65 bits per heavy atom. The van der Waals surface area contributed by atoms with E-state index in [1.165, 1.54) is 0 Å². The highest BCUT2D eigenvalue weighted by molar-refractivity contribution is 5.50. The van der Waals surface area contributed by atoms with Crippen LogP contribution in [0.1, 0.15) is 25.3 Å². The number of aliphatic hydroxyl groups is 1. The van der Waals surface area contributed by atoms with E-state index < -0.39 is 0 Å². The van der Waals surface area contributed by atoms with Gasteiger partial charge in [0.1, 0.15) is 5.75 Å². The van der Waals surface area contributed by atoms with Gasteiger partial charge >= 0.3 is 0 Å². The molecular formula is C15H25NO4. The molecule has 1 unspecified atom stereocenters. The molecule has 0 heterocycles. The van der Waals surface area contributed by atoms with Crippen LogP contribution in [0.25, 0.3) is 0 Å². The third-order valence-corrected chi connectivity index (χ3v) is 3.34. The largest absolute Gasteiger partial charge is 0.496 e. The molecule has 5 heteroatoms. The monoisotopic (exact) mass is 283 g/mol. The molecule has 20 heavy (non-hydrogen) atoms. The van der Waals surface area contributed by atoms with E-state index in [2.05, 4.69) is 12.2 Å². The molecule has 0 spiro atoms. The minimum atomic E-state index is 0.189. The topological polar surface area (TPSA) is 60.0 Å². The first kappa shape index (κ1) is 16.6. The summed E-state index contributed by atoms with van der Waals surface area (Å²) in [4.78, 5) is 0. The van der Waals surface area contributed by atoms with Gasteiger partial charge in [-0.2, -0.15) is 0 Å². The second kappa shape index (κ2) is 8.66. The maximum absolute atomic E-state index is 9.01. The lowest BCUT2D eigenvalue weighted by Gasteiger charge is -2.18. The fourth-order valence-electron chi connectivity index (χ4n) is 2.09. The van der Waals surface area contributed by atoms with Crippen molar-refractivity contribution in [2.24, 2.45) is 0 Å². The first-order chi connectivity index (χ1) is 9.69. The summed E-state index contributed by atoms with van der Waals surface area (Å²) in [5.74, 6) is 2.09. The van der Waals surface area contributed by atoms with Crippen LogP contribution in [0.15, 0.2) is 12.1 Å². The SMILES string of the molecule is CCC(CCO)NCc1cc(OC)c(OC)cc1OC. The molecule has 0 aliphatic rings. The summed E-state index contributed by atoms with van der Waals surface area (Å²) in [6, 6.07) is 4.02. The van der Waals surface area contributed by atoms with Crippen LogP contribution in [-0.4, -0.2) is 39.1 Å². The fourth-order valence-corrected chi connectivity index (χ4v) is 2.09. The molecule has 0 saturated heterocycles. The van der Waals surface area contributed by atoms with Gasteiger partial charge in [-0.25, -0.2) is 0 Å². The fraction of sp³-hybridized carbons (Fsp3) is 0.600. The third kappa shape index (κ3) is 4.28. The van der Waals surface area contributed by atoms with Gasteiger partial charge in [-0.05, 0) is 18.9 Å². The molecule has 114 valence electrons. The summed E-state index contributed by atoms with van der Waals surface area (Å²) >= 11 is 0. The summed E-state index contributed by atoms with van der Waals surface area (Å²) in [6.07, 6.45) is 1.71. The number of hydrogen-bond acceptors (Lipinski definition) is 5. The van der Waals surface area contributed by atoms with E-state index in [0.29, 0.717) is 18.0 Å². The lowest BCUT2D eigenvalue weighted by atomic mass is 10.1. The molecule has 0 fully saturated rings. The number of rotatable bonds is 9. The summed E-state index contributed by atoms with van der Waals surface area (Å²) in [5.41, 5.74) is 1.00. The van der Waals surface area contributed by atoms with Crippen LogP contribution in [0.3, 0.4) is 0 Å². The number of nitrogens with one attached hydrogen (secondary N) is 1. The molecule has 0 saturated carbocycles. The predicted octanol–water partition coefficient (Wildman–Crippen LogP) is 1.96. The van der Waals surface area contributed by atoms with Crippen molar-refractivity contribution in [2.45, 2.75) is 32.4 Å². The van der Waals surface area contributed by atoms with Crippen LogP contribution in [0.2, 0.25) is 0 Å². The zero-order chi connectivity index (χ0) is 15.0. The van der Waals surface area contributed by atoms with E-state index >= 15 is 0 Å². The second-order valence-corrected chi connectivity index (χ2v) is 4.52. The molecular weight excluding hydrogens is 258 g/mol. The summed E-state index contributed by atoms with van der Waals surface area (Å²) in [5, 5.41) is 12.4. The number of benzene rings is 1. The van der Waals surface area contributed by atoms with Crippen LogP contribution < -0.4 is 19.5 Å². The highest BCUT2D eigenvalue weighted by atomic mass is 16.5. The van der Waals surface area contributed by atoms with Crippen molar-refractivity contribution >= 4 is 0 Å². The Balaban J connectivity index is 2.87. The Kier molecular flexibility index (Phi) is 7.18. The molecule has 1 aromatic rings. The molecule has 1 atom stereocenters. The summed E-state index contributed by atoms with van der Waals surface area (Å²) < 4.78 is 16.0. The summed E-state index contributed by atoms with van der Waals surface area (Å²) in [6.45, 7) is 2.94. The van der Waals surface area contributed by atoms with Gasteiger partial charge in [0, 0.05) is 30.8 Å². The van der Waals surface area contributed by atoms with Crippen molar-refractivity contribution in [1.29, 1.82) is 0 Å². The van der Waals surface area contributed by atoms with E-state index in [1.54, 1.807) is 21.3 Å². The molecule has 0 aliphatic heterocycles. The van der Waals surface area contributed by atoms with Gasteiger partial charge in [-0.15, -0.1) is 0 Å². The summed E-state index contributed by atoms with van der Waals surface area (Å²) in [7, 11) is 4.85. The Morgan fingerprint density at radius 1 is 1.05 bits per heavy atom. The normalized spacial score (nSPS) is 12.1. The molecule has 5 nitrogen and oxygen atoms in total. The lowest BCUT2D eigenvalue weighted by molar-refractivity contribution is 0.261. The maximum Gasteiger partial charge on any atom is 0.164 e. The average Bonchev–Trinajstić information content (AvgIpc) is 2.50. The van der Waals surface area contributed by atoms with Gasteiger partial charge < -0.3 is 24.6 Å². The van der Waals surface area contributed by atoms with E-state index in [1.807, 2.05) is 12.1 Å².